The maximum absolute atomic E-state index is 14.0. The minimum absolute atomic E-state index is 0.193. The van der Waals surface area contributed by atoms with E-state index in [0.29, 0.717) is 48.8 Å². The molecule has 0 amide bonds. The fraction of sp³-hybridized carbons (Fsp3) is 0.421. The smallest absolute Gasteiger partial charge is 0.263 e. The van der Waals surface area contributed by atoms with Crippen LogP contribution >= 0.6 is 0 Å². The summed E-state index contributed by atoms with van der Waals surface area (Å²) < 4.78 is 15.8. The van der Waals surface area contributed by atoms with Crippen molar-refractivity contribution in [3.8, 4) is 0 Å². The summed E-state index contributed by atoms with van der Waals surface area (Å²) in [5.41, 5.74) is 0.725. The van der Waals surface area contributed by atoms with Gasteiger partial charge in [-0.1, -0.05) is 12.1 Å². The van der Waals surface area contributed by atoms with Gasteiger partial charge in [-0.15, -0.1) is 0 Å². The lowest BCUT2D eigenvalue weighted by atomic mass is 10.1. The van der Waals surface area contributed by atoms with Crippen molar-refractivity contribution in [2.45, 2.75) is 26.3 Å². The van der Waals surface area contributed by atoms with Gasteiger partial charge in [-0.2, -0.15) is 10.1 Å². The number of hydrogen-bond acceptors (Lipinski definition) is 5. The fourth-order valence-electron chi connectivity index (χ4n) is 3.41. The molecule has 142 valence electrons. The van der Waals surface area contributed by atoms with Gasteiger partial charge in [-0.25, -0.2) is 9.07 Å². The standard InChI is InChI=1S/C19H23FN6O/c1-19(2,3)26-16-13(12-21-26)17(27)23-18(22-16)25-10-8-24(9-11-25)15-7-5-4-6-14(15)20/h4-7,12H,8-11H2,1-3H3,(H,22,23,27). The molecule has 0 saturated carbocycles. The van der Waals surface area contributed by atoms with Crippen LogP contribution < -0.4 is 15.4 Å². The highest BCUT2D eigenvalue weighted by atomic mass is 19.1. The van der Waals surface area contributed by atoms with E-state index in [1.165, 1.54) is 6.07 Å². The van der Waals surface area contributed by atoms with E-state index >= 15 is 0 Å². The highest BCUT2D eigenvalue weighted by Crippen LogP contribution is 2.23. The normalized spacial score (nSPS) is 15.6. The molecule has 3 heterocycles. The number of aromatic amines is 1. The maximum Gasteiger partial charge on any atom is 0.263 e. The van der Waals surface area contributed by atoms with Crippen LogP contribution in [-0.2, 0) is 5.54 Å². The first-order valence-electron chi connectivity index (χ1n) is 9.07. The van der Waals surface area contributed by atoms with Crippen LogP contribution in [0.1, 0.15) is 20.8 Å². The Labute approximate surface area is 156 Å². The molecule has 3 aromatic rings. The van der Waals surface area contributed by atoms with Crippen LogP contribution in [0.15, 0.2) is 35.3 Å². The summed E-state index contributed by atoms with van der Waals surface area (Å²) in [6.45, 7) is 8.67. The van der Waals surface area contributed by atoms with Gasteiger partial charge in [-0.3, -0.25) is 9.78 Å². The van der Waals surface area contributed by atoms with Gasteiger partial charge in [-0.05, 0) is 32.9 Å². The molecule has 8 heteroatoms. The average molecular weight is 370 g/mol. The molecule has 2 aromatic heterocycles. The number of H-pyrrole nitrogens is 1. The highest BCUT2D eigenvalue weighted by Gasteiger charge is 2.24. The van der Waals surface area contributed by atoms with Crippen LogP contribution in [0, 0.1) is 5.82 Å². The predicted octanol–water partition coefficient (Wildman–Crippen LogP) is 2.34. The van der Waals surface area contributed by atoms with Crippen LogP contribution in [0.4, 0.5) is 16.0 Å². The molecule has 0 unspecified atom stereocenters. The summed E-state index contributed by atoms with van der Waals surface area (Å²) >= 11 is 0. The number of hydrogen-bond donors (Lipinski definition) is 1. The quantitative estimate of drug-likeness (QED) is 0.750. The minimum atomic E-state index is -0.274. The molecule has 4 rings (SSSR count). The zero-order valence-electron chi connectivity index (χ0n) is 15.7. The van der Waals surface area contributed by atoms with Gasteiger partial charge in [0.15, 0.2) is 5.65 Å². The van der Waals surface area contributed by atoms with E-state index in [0.717, 1.165) is 0 Å². The van der Waals surface area contributed by atoms with E-state index in [2.05, 4.69) is 15.1 Å². The van der Waals surface area contributed by atoms with Crippen molar-refractivity contribution < 1.29 is 4.39 Å². The molecule has 0 atom stereocenters. The third kappa shape index (κ3) is 3.15. The monoisotopic (exact) mass is 370 g/mol. The molecule has 0 spiro atoms. The summed E-state index contributed by atoms with van der Waals surface area (Å²) in [7, 11) is 0. The number of benzene rings is 1. The highest BCUT2D eigenvalue weighted by molar-refractivity contribution is 5.74. The van der Waals surface area contributed by atoms with Crippen molar-refractivity contribution in [1.82, 2.24) is 19.7 Å². The Balaban J connectivity index is 1.61. The Morgan fingerprint density at radius 1 is 1.07 bits per heavy atom. The fourth-order valence-corrected chi connectivity index (χ4v) is 3.41. The Morgan fingerprint density at radius 2 is 1.74 bits per heavy atom. The molecule has 7 nitrogen and oxygen atoms in total. The van der Waals surface area contributed by atoms with Crippen molar-refractivity contribution in [3.05, 3.63) is 46.6 Å². The lowest BCUT2D eigenvalue weighted by molar-refractivity contribution is 0.366. The number of anilines is 2. The summed E-state index contributed by atoms with van der Waals surface area (Å²) in [4.78, 5) is 24.1. The summed E-state index contributed by atoms with van der Waals surface area (Å²) in [6.07, 6.45) is 1.56. The first kappa shape index (κ1) is 17.5. The molecule has 1 N–H and O–H groups in total. The molecular formula is C19H23FN6O. The van der Waals surface area contributed by atoms with E-state index in [9.17, 15) is 9.18 Å². The van der Waals surface area contributed by atoms with Gasteiger partial charge in [0.05, 0.1) is 17.4 Å². The number of rotatable bonds is 2. The third-order valence-corrected chi connectivity index (χ3v) is 4.83. The lowest BCUT2D eigenvalue weighted by Crippen LogP contribution is -2.47. The lowest BCUT2D eigenvalue weighted by Gasteiger charge is -2.36. The molecule has 0 bridgehead atoms. The first-order chi connectivity index (χ1) is 12.8. The van der Waals surface area contributed by atoms with Crippen LogP contribution in [0.2, 0.25) is 0 Å². The van der Waals surface area contributed by atoms with Crippen molar-refractivity contribution >= 4 is 22.7 Å². The molecule has 1 fully saturated rings. The largest absolute Gasteiger partial charge is 0.366 e. The molecule has 1 aliphatic heterocycles. The van der Waals surface area contributed by atoms with Crippen LogP contribution in [0.3, 0.4) is 0 Å². The Hall–Kier alpha value is -2.90. The topological polar surface area (TPSA) is 70.1 Å². The van der Waals surface area contributed by atoms with E-state index in [-0.39, 0.29) is 16.9 Å². The Kier molecular flexibility index (Phi) is 4.13. The zero-order chi connectivity index (χ0) is 19.2. The second-order valence-electron chi connectivity index (χ2n) is 7.78. The number of halogens is 1. The van der Waals surface area contributed by atoms with E-state index in [1.807, 2.05) is 36.6 Å². The van der Waals surface area contributed by atoms with Crippen LogP contribution in [0.25, 0.3) is 11.0 Å². The first-order valence-corrected chi connectivity index (χ1v) is 9.07. The van der Waals surface area contributed by atoms with Gasteiger partial charge in [0.25, 0.3) is 5.56 Å². The zero-order valence-corrected chi connectivity index (χ0v) is 15.7. The van der Waals surface area contributed by atoms with E-state index in [1.54, 1.807) is 23.0 Å². The number of para-hydroxylation sites is 1. The summed E-state index contributed by atoms with van der Waals surface area (Å²) in [5.74, 6) is 0.319. The number of nitrogens with one attached hydrogen (secondary N) is 1. The van der Waals surface area contributed by atoms with Crippen LogP contribution in [-0.4, -0.2) is 45.9 Å². The van der Waals surface area contributed by atoms with Crippen LogP contribution in [0.5, 0.6) is 0 Å². The molecule has 27 heavy (non-hydrogen) atoms. The molecular weight excluding hydrogens is 347 g/mol. The van der Waals surface area contributed by atoms with Crippen molar-refractivity contribution in [2.75, 3.05) is 36.0 Å². The summed E-state index contributed by atoms with van der Waals surface area (Å²) in [5, 5.41) is 4.83. The van der Waals surface area contributed by atoms with Gasteiger partial charge < -0.3 is 9.80 Å². The van der Waals surface area contributed by atoms with Crippen molar-refractivity contribution in [2.24, 2.45) is 0 Å². The molecule has 1 saturated heterocycles. The third-order valence-electron chi connectivity index (χ3n) is 4.83. The second-order valence-corrected chi connectivity index (χ2v) is 7.78. The minimum Gasteiger partial charge on any atom is -0.366 e. The number of nitrogens with zero attached hydrogens (tertiary/aromatic N) is 5. The molecule has 1 aliphatic rings. The Morgan fingerprint density at radius 3 is 2.41 bits per heavy atom. The van der Waals surface area contributed by atoms with Crippen molar-refractivity contribution in [1.29, 1.82) is 0 Å². The van der Waals surface area contributed by atoms with Crippen molar-refractivity contribution in [3.63, 3.8) is 0 Å². The average Bonchev–Trinajstić information content (AvgIpc) is 3.07. The summed E-state index contributed by atoms with van der Waals surface area (Å²) in [6, 6.07) is 6.80. The number of piperazine rings is 1. The maximum atomic E-state index is 14.0. The number of aromatic nitrogens is 4. The van der Waals surface area contributed by atoms with Gasteiger partial charge >= 0.3 is 0 Å². The van der Waals surface area contributed by atoms with E-state index < -0.39 is 0 Å². The molecule has 0 aliphatic carbocycles. The van der Waals surface area contributed by atoms with E-state index in [4.69, 9.17) is 0 Å². The van der Waals surface area contributed by atoms with Gasteiger partial charge in [0, 0.05) is 26.2 Å². The second kappa shape index (κ2) is 6.37. The van der Waals surface area contributed by atoms with Gasteiger partial charge in [0.1, 0.15) is 11.2 Å². The SMILES string of the molecule is CC(C)(C)n1ncc2c(=O)[nH]c(N3CCN(c4ccccc4F)CC3)nc21. The molecule has 0 radical (unpaired) electrons. The number of fused-ring (bicyclic) bond motifs is 1. The van der Waals surface area contributed by atoms with Gasteiger partial charge in [0.2, 0.25) is 5.95 Å². The molecule has 1 aromatic carbocycles. The predicted molar refractivity (Wildman–Crippen MR) is 104 cm³/mol. The Bertz CT molecular complexity index is 1030.